The number of aryl methyl sites for hydroxylation is 1. The summed E-state index contributed by atoms with van der Waals surface area (Å²) in [7, 11) is 0. The molecule has 0 fully saturated rings. The van der Waals surface area contributed by atoms with Crippen LogP contribution in [0.3, 0.4) is 0 Å². The van der Waals surface area contributed by atoms with Crippen molar-refractivity contribution in [3.8, 4) is 5.69 Å². The summed E-state index contributed by atoms with van der Waals surface area (Å²) < 4.78 is 39.0. The van der Waals surface area contributed by atoms with Gasteiger partial charge in [-0.3, -0.25) is 9.78 Å². The van der Waals surface area contributed by atoms with E-state index in [1.807, 2.05) is 6.92 Å². The average molecular weight is 362 g/mol. The molecule has 1 amide bonds. The van der Waals surface area contributed by atoms with Crippen LogP contribution in [0, 0.1) is 6.92 Å². The summed E-state index contributed by atoms with van der Waals surface area (Å²) >= 11 is 0. The molecule has 0 aliphatic heterocycles. The zero-order chi connectivity index (χ0) is 18.9. The molecule has 134 valence electrons. The molecule has 10 heteroatoms. The normalized spacial score (nSPS) is 11.4. The Kier molecular flexibility index (Phi) is 4.33. The Morgan fingerprint density at radius 2 is 1.96 bits per heavy atom. The van der Waals surface area contributed by atoms with Gasteiger partial charge in [0.15, 0.2) is 0 Å². The van der Waals surface area contributed by atoms with Crippen molar-refractivity contribution < 1.29 is 18.0 Å². The van der Waals surface area contributed by atoms with E-state index in [1.54, 1.807) is 18.5 Å². The van der Waals surface area contributed by atoms with E-state index >= 15 is 0 Å². The third kappa shape index (κ3) is 3.34. The van der Waals surface area contributed by atoms with E-state index in [2.05, 4.69) is 20.4 Å². The van der Waals surface area contributed by atoms with Gasteiger partial charge in [0.2, 0.25) is 0 Å². The molecule has 7 nitrogen and oxygen atoms in total. The summed E-state index contributed by atoms with van der Waals surface area (Å²) in [6, 6.07) is 3.66. The molecular formula is C16H13F3N6O. The van der Waals surface area contributed by atoms with Gasteiger partial charge in [-0.25, -0.2) is 9.67 Å². The Morgan fingerprint density at radius 1 is 1.19 bits per heavy atom. The molecule has 0 saturated heterocycles. The van der Waals surface area contributed by atoms with Crippen LogP contribution in [0.4, 0.5) is 24.8 Å². The zero-order valence-electron chi connectivity index (χ0n) is 13.4. The molecule has 0 aliphatic carbocycles. The Labute approximate surface area is 145 Å². The molecule has 3 aromatic rings. The molecule has 0 unspecified atom stereocenters. The lowest BCUT2D eigenvalue weighted by Crippen LogP contribution is -2.15. The number of nitrogens with one attached hydrogen (secondary N) is 1. The monoisotopic (exact) mass is 362 g/mol. The molecule has 3 rings (SSSR count). The topological polar surface area (TPSA) is 98.7 Å². The highest BCUT2D eigenvalue weighted by molar-refractivity contribution is 6.06. The second-order valence-electron chi connectivity index (χ2n) is 5.40. The number of hydrogen-bond donors (Lipinski definition) is 2. The molecule has 0 saturated carbocycles. The molecule has 3 heterocycles. The van der Waals surface area contributed by atoms with E-state index in [4.69, 9.17) is 5.73 Å². The first-order valence-corrected chi connectivity index (χ1v) is 7.36. The lowest BCUT2D eigenvalue weighted by molar-refractivity contribution is -0.137. The van der Waals surface area contributed by atoms with E-state index in [-0.39, 0.29) is 17.2 Å². The summed E-state index contributed by atoms with van der Waals surface area (Å²) in [5, 5.41) is 6.47. The van der Waals surface area contributed by atoms with E-state index in [0.717, 1.165) is 17.7 Å². The number of carbonyl (C=O) groups is 1. The summed E-state index contributed by atoms with van der Waals surface area (Å²) in [6.45, 7) is 1.84. The first kappa shape index (κ1) is 17.4. The highest BCUT2D eigenvalue weighted by Crippen LogP contribution is 2.29. The minimum absolute atomic E-state index is 0.0345. The first-order chi connectivity index (χ1) is 12.3. The fourth-order valence-corrected chi connectivity index (χ4v) is 2.22. The van der Waals surface area contributed by atoms with Gasteiger partial charge < -0.3 is 11.1 Å². The van der Waals surface area contributed by atoms with Crippen LogP contribution in [0.5, 0.6) is 0 Å². The SMILES string of the molecule is Cc1ccncc1-n1ncc(C(=O)Nc2ccc(C(F)(F)F)cn2)c1N. The van der Waals surface area contributed by atoms with Crippen molar-refractivity contribution in [3.05, 3.63) is 59.7 Å². The van der Waals surface area contributed by atoms with Crippen molar-refractivity contribution in [3.63, 3.8) is 0 Å². The maximum Gasteiger partial charge on any atom is 0.417 e. The van der Waals surface area contributed by atoms with E-state index in [1.165, 1.54) is 10.9 Å². The van der Waals surface area contributed by atoms with Gasteiger partial charge in [-0.15, -0.1) is 0 Å². The summed E-state index contributed by atoms with van der Waals surface area (Å²) in [5.74, 6) is -0.597. The van der Waals surface area contributed by atoms with Crippen molar-refractivity contribution in [1.29, 1.82) is 0 Å². The second-order valence-corrected chi connectivity index (χ2v) is 5.40. The molecule has 0 bridgehead atoms. The lowest BCUT2D eigenvalue weighted by Gasteiger charge is -2.09. The summed E-state index contributed by atoms with van der Waals surface area (Å²) in [4.78, 5) is 19.9. The molecule has 0 aromatic carbocycles. The van der Waals surface area contributed by atoms with Gasteiger partial charge in [0.1, 0.15) is 17.2 Å². The number of nitrogens with zero attached hydrogens (tertiary/aromatic N) is 4. The van der Waals surface area contributed by atoms with Crippen LogP contribution in [-0.4, -0.2) is 25.7 Å². The van der Waals surface area contributed by atoms with Gasteiger partial charge >= 0.3 is 6.18 Å². The van der Waals surface area contributed by atoms with Crippen LogP contribution in [-0.2, 0) is 6.18 Å². The molecule has 0 spiro atoms. The van der Waals surface area contributed by atoms with Crippen LogP contribution < -0.4 is 11.1 Å². The Bertz CT molecular complexity index is 949. The number of nitrogens with two attached hydrogens (primary N) is 1. The molecular weight excluding hydrogens is 349 g/mol. The number of carbonyl (C=O) groups excluding carboxylic acids is 1. The fraction of sp³-hybridized carbons (Fsp3) is 0.125. The number of halogens is 3. The minimum Gasteiger partial charge on any atom is -0.383 e. The third-order valence-corrected chi connectivity index (χ3v) is 3.62. The van der Waals surface area contributed by atoms with E-state index in [0.29, 0.717) is 11.9 Å². The molecule has 0 atom stereocenters. The van der Waals surface area contributed by atoms with Crippen LogP contribution in [0.15, 0.2) is 43.0 Å². The van der Waals surface area contributed by atoms with Gasteiger partial charge in [-0.2, -0.15) is 18.3 Å². The van der Waals surface area contributed by atoms with Crippen LogP contribution in [0.25, 0.3) is 5.69 Å². The zero-order valence-corrected chi connectivity index (χ0v) is 13.4. The molecule has 0 aliphatic rings. The van der Waals surface area contributed by atoms with Crippen molar-refractivity contribution in [1.82, 2.24) is 19.7 Å². The maximum atomic E-state index is 12.5. The number of pyridine rings is 2. The fourth-order valence-electron chi connectivity index (χ4n) is 2.22. The highest BCUT2D eigenvalue weighted by Gasteiger charge is 2.30. The van der Waals surface area contributed by atoms with Crippen LogP contribution in [0.2, 0.25) is 0 Å². The Balaban J connectivity index is 1.82. The standard InChI is InChI=1S/C16H13F3N6O/c1-9-4-5-21-8-12(9)25-14(20)11(7-23-25)15(26)24-13-3-2-10(6-22-13)16(17,18)19/h2-8H,20H2,1H3,(H,22,24,26). The minimum atomic E-state index is -4.50. The molecule has 3 aromatic heterocycles. The predicted molar refractivity (Wildman–Crippen MR) is 87.7 cm³/mol. The first-order valence-electron chi connectivity index (χ1n) is 7.36. The number of aromatic nitrogens is 4. The van der Waals surface area contributed by atoms with Crippen LogP contribution in [0.1, 0.15) is 21.5 Å². The number of amides is 1. The number of anilines is 2. The second kappa shape index (κ2) is 6.47. The van der Waals surface area contributed by atoms with Crippen molar-refractivity contribution >= 4 is 17.5 Å². The van der Waals surface area contributed by atoms with Gasteiger partial charge in [-0.1, -0.05) is 0 Å². The number of hydrogen-bond acceptors (Lipinski definition) is 5. The third-order valence-electron chi connectivity index (χ3n) is 3.62. The maximum absolute atomic E-state index is 12.5. The summed E-state index contributed by atoms with van der Waals surface area (Å²) in [6.07, 6.45) is 0.575. The van der Waals surface area contributed by atoms with Gasteiger partial charge in [-0.05, 0) is 30.7 Å². The lowest BCUT2D eigenvalue weighted by atomic mass is 10.2. The van der Waals surface area contributed by atoms with Crippen molar-refractivity contribution in [2.45, 2.75) is 13.1 Å². The van der Waals surface area contributed by atoms with Gasteiger partial charge in [0, 0.05) is 12.4 Å². The quantitative estimate of drug-likeness (QED) is 0.746. The largest absolute Gasteiger partial charge is 0.417 e. The van der Waals surface area contributed by atoms with Crippen molar-refractivity contribution in [2.24, 2.45) is 0 Å². The van der Waals surface area contributed by atoms with Crippen LogP contribution >= 0.6 is 0 Å². The van der Waals surface area contributed by atoms with Crippen molar-refractivity contribution in [2.75, 3.05) is 11.1 Å². The number of nitrogen functional groups attached to an aromatic ring is 1. The van der Waals surface area contributed by atoms with E-state index < -0.39 is 17.6 Å². The molecule has 3 N–H and O–H groups in total. The average Bonchev–Trinajstić information content (AvgIpc) is 2.96. The van der Waals surface area contributed by atoms with E-state index in [9.17, 15) is 18.0 Å². The molecule has 0 radical (unpaired) electrons. The van der Waals surface area contributed by atoms with Gasteiger partial charge in [0.05, 0.1) is 23.6 Å². The highest BCUT2D eigenvalue weighted by atomic mass is 19.4. The summed E-state index contributed by atoms with van der Waals surface area (Å²) in [5.41, 5.74) is 6.60. The molecule has 26 heavy (non-hydrogen) atoms. The predicted octanol–water partition coefficient (Wildman–Crippen LogP) is 2.82. The smallest absolute Gasteiger partial charge is 0.383 e. The number of rotatable bonds is 3. The van der Waals surface area contributed by atoms with Gasteiger partial charge in [0.25, 0.3) is 5.91 Å². The number of alkyl halides is 3. The Morgan fingerprint density at radius 3 is 2.58 bits per heavy atom. The Hall–Kier alpha value is -3.43.